The van der Waals surface area contributed by atoms with Crippen LogP contribution in [0.4, 0.5) is 0 Å². The molecule has 0 fully saturated rings. The molecule has 0 aliphatic heterocycles. The molecule has 2 heterocycles. The van der Waals surface area contributed by atoms with Gasteiger partial charge in [-0.2, -0.15) is 0 Å². The number of ketones is 1. The van der Waals surface area contributed by atoms with E-state index in [0.29, 0.717) is 11.1 Å². The number of carbonyl (C=O) groups excluding carboxylic acids is 1. The number of aliphatic hydroxyl groups excluding tert-OH is 1. The summed E-state index contributed by atoms with van der Waals surface area (Å²) in [5.41, 5.74) is 2.78. The maximum Gasteiger partial charge on any atom is 0.167 e. The maximum absolute atomic E-state index is 11.8. The number of furan rings is 2. The molecule has 0 unspecified atom stereocenters. The monoisotopic (exact) mass is 224 g/mol. The van der Waals surface area contributed by atoms with Crippen molar-refractivity contribution in [2.45, 2.75) is 6.42 Å². The summed E-state index contributed by atoms with van der Waals surface area (Å²) in [7, 11) is 0. The third-order valence-electron chi connectivity index (χ3n) is 3.35. The van der Waals surface area contributed by atoms with Crippen LogP contribution >= 0.6 is 0 Å². The predicted molar refractivity (Wildman–Crippen MR) is 64.5 cm³/mol. The van der Waals surface area contributed by atoms with Crippen LogP contribution in [0.15, 0.2) is 34.8 Å². The lowest BCUT2D eigenvalue weighted by atomic mass is 9.92. The van der Waals surface area contributed by atoms with Gasteiger partial charge in [0.15, 0.2) is 5.78 Å². The molecule has 0 saturated heterocycles. The molecule has 0 amide bonds. The molecule has 2 bridgehead atoms. The molecule has 1 aliphatic rings. The molecule has 17 heavy (non-hydrogen) atoms. The summed E-state index contributed by atoms with van der Waals surface area (Å²) in [6, 6.07) is 7.45. The molecule has 3 heteroatoms. The average molecular weight is 224 g/mol. The first kappa shape index (κ1) is 8.82. The summed E-state index contributed by atoms with van der Waals surface area (Å²) >= 11 is 0. The van der Waals surface area contributed by atoms with E-state index in [1.165, 1.54) is 0 Å². The van der Waals surface area contributed by atoms with E-state index in [1.54, 1.807) is 6.08 Å². The Balaban J connectivity index is 2.19. The highest BCUT2D eigenvalue weighted by molar-refractivity contribution is 6.13. The summed E-state index contributed by atoms with van der Waals surface area (Å²) in [4.78, 5) is 11.8. The predicted octanol–water partition coefficient (Wildman–Crippen LogP) is 3.51. The van der Waals surface area contributed by atoms with Crippen molar-refractivity contribution in [3.63, 3.8) is 0 Å². The summed E-state index contributed by atoms with van der Waals surface area (Å²) in [5, 5.41) is 11.7. The van der Waals surface area contributed by atoms with Gasteiger partial charge >= 0.3 is 0 Å². The lowest BCUT2D eigenvalue weighted by molar-refractivity contribution is 0.0993. The van der Waals surface area contributed by atoms with Crippen LogP contribution in [0.3, 0.4) is 0 Å². The van der Waals surface area contributed by atoms with Crippen LogP contribution in [0.1, 0.15) is 22.3 Å². The second kappa shape index (κ2) is 2.69. The molecule has 82 valence electrons. The Morgan fingerprint density at radius 3 is 2.41 bits per heavy atom. The summed E-state index contributed by atoms with van der Waals surface area (Å²) in [6.07, 6.45) is 1.82. The van der Waals surface area contributed by atoms with Gasteiger partial charge in [0.1, 0.15) is 16.9 Å². The van der Waals surface area contributed by atoms with Crippen LogP contribution in [0.5, 0.6) is 0 Å². The van der Waals surface area contributed by atoms with Gasteiger partial charge in [0.2, 0.25) is 0 Å². The normalized spacial score (nSPS) is 15.5. The Kier molecular flexibility index (Phi) is 1.39. The maximum atomic E-state index is 11.8. The first-order chi connectivity index (χ1) is 8.24. The minimum atomic E-state index is 0.0398. The molecule has 2 aromatic heterocycles. The van der Waals surface area contributed by atoms with Crippen molar-refractivity contribution in [3.05, 3.63) is 41.5 Å². The third kappa shape index (κ3) is 0.984. The van der Waals surface area contributed by atoms with Crippen LogP contribution in [-0.4, -0.2) is 10.9 Å². The first-order valence-corrected chi connectivity index (χ1v) is 5.45. The van der Waals surface area contributed by atoms with Gasteiger partial charge < -0.3 is 9.52 Å². The average Bonchev–Trinajstić information content (AvgIpc) is 2.94. The zero-order valence-corrected chi connectivity index (χ0v) is 8.86. The van der Waals surface area contributed by atoms with E-state index in [9.17, 15) is 9.90 Å². The number of benzene rings is 2. The van der Waals surface area contributed by atoms with Gasteiger partial charge in [-0.25, -0.2) is 0 Å². The molecule has 0 atom stereocenters. The minimum absolute atomic E-state index is 0.0398. The Hall–Kier alpha value is -2.29. The largest absolute Gasteiger partial charge is 0.508 e. The SMILES string of the molecule is O=C1CC=C(O)c2cc3c4ccc(o4)c3cc21. The van der Waals surface area contributed by atoms with E-state index in [0.717, 1.165) is 21.9 Å². The van der Waals surface area contributed by atoms with Gasteiger partial charge in [-0.15, -0.1) is 0 Å². The zero-order valence-electron chi connectivity index (χ0n) is 8.86. The Morgan fingerprint density at radius 1 is 1.06 bits per heavy atom. The summed E-state index contributed by atoms with van der Waals surface area (Å²) < 4.78 is 5.54. The van der Waals surface area contributed by atoms with E-state index in [2.05, 4.69) is 0 Å². The second-order valence-corrected chi connectivity index (χ2v) is 4.32. The Morgan fingerprint density at radius 2 is 1.71 bits per heavy atom. The van der Waals surface area contributed by atoms with Crippen molar-refractivity contribution < 1.29 is 14.3 Å². The standard InChI is InChI=1S/C14H8O3/c15-11-1-2-12(16)8-6-10-9(5-7(8)11)13-3-4-14(10)17-13/h1,3-6,15H,2H2. The zero-order chi connectivity index (χ0) is 11.6. The van der Waals surface area contributed by atoms with Crippen molar-refractivity contribution in [2.24, 2.45) is 0 Å². The van der Waals surface area contributed by atoms with Crippen LogP contribution in [0, 0.1) is 0 Å². The van der Waals surface area contributed by atoms with Crippen LogP contribution in [-0.2, 0) is 0 Å². The molecule has 4 rings (SSSR count). The first-order valence-electron chi connectivity index (χ1n) is 5.45. The number of hydrogen-bond acceptors (Lipinski definition) is 3. The number of fused-ring (bicyclic) bond motifs is 6. The number of Topliss-reactive ketones (excluding diaryl/α,β-unsaturated/α-hetero) is 1. The van der Waals surface area contributed by atoms with Crippen LogP contribution in [0.25, 0.3) is 27.7 Å². The highest BCUT2D eigenvalue weighted by Gasteiger charge is 2.21. The van der Waals surface area contributed by atoms with Gasteiger partial charge in [0.25, 0.3) is 0 Å². The molecule has 3 nitrogen and oxygen atoms in total. The Bertz CT molecular complexity index is 792. The summed E-state index contributed by atoms with van der Waals surface area (Å²) in [5.74, 6) is 0.220. The van der Waals surface area contributed by atoms with Gasteiger partial charge in [-0.05, 0) is 30.3 Å². The Labute approximate surface area is 96.3 Å². The topological polar surface area (TPSA) is 50.4 Å². The smallest absolute Gasteiger partial charge is 0.167 e. The number of aliphatic hydroxyl groups is 1. The number of hydrogen-bond donors (Lipinski definition) is 1. The molecule has 3 aromatic rings. The number of rotatable bonds is 0. The lowest BCUT2D eigenvalue weighted by Gasteiger charge is -2.12. The van der Waals surface area contributed by atoms with E-state index in [1.807, 2.05) is 24.3 Å². The van der Waals surface area contributed by atoms with Crippen molar-refractivity contribution in [1.29, 1.82) is 0 Å². The van der Waals surface area contributed by atoms with E-state index >= 15 is 0 Å². The van der Waals surface area contributed by atoms with Gasteiger partial charge in [-0.1, -0.05) is 0 Å². The third-order valence-corrected chi connectivity index (χ3v) is 3.35. The highest BCUT2D eigenvalue weighted by Crippen LogP contribution is 2.36. The fraction of sp³-hybridized carbons (Fsp3) is 0.0714. The van der Waals surface area contributed by atoms with Crippen molar-refractivity contribution in [2.75, 3.05) is 0 Å². The fourth-order valence-electron chi connectivity index (χ4n) is 2.49. The van der Waals surface area contributed by atoms with Gasteiger partial charge in [0, 0.05) is 28.3 Å². The molecule has 0 radical (unpaired) electrons. The fourth-order valence-corrected chi connectivity index (χ4v) is 2.49. The lowest BCUT2D eigenvalue weighted by Crippen LogP contribution is -2.07. The van der Waals surface area contributed by atoms with E-state index in [-0.39, 0.29) is 18.0 Å². The van der Waals surface area contributed by atoms with E-state index in [4.69, 9.17) is 4.42 Å². The molecule has 1 aromatic carbocycles. The number of allylic oxidation sites excluding steroid dienone is 1. The quantitative estimate of drug-likeness (QED) is 0.635. The second-order valence-electron chi connectivity index (χ2n) is 4.32. The van der Waals surface area contributed by atoms with E-state index < -0.39 is 0 Å². The number of carbonyl (C=O) groups is 1. The van der Waals surface area contributed by atoms with Crippen molar-refractivity contribution >= 4 is 33.5 Å². The van der Waals surface area contributed by atoms with Gasteiger partial charge in [-0.3, -0.25) is 4.79 Å². The molecular weight excluding hydrogens is 216 g/mol. The molecule has 1 aliphatic carbocycles. The van der Waals surface area contributed by atoms with Crippen molar-refractivity contribution in [3.8, 4) is 0 Å². The summed E-state index contributed by atoms with van der Waals surface area (Å²) in [6.45, 7) is 0. The van der Waals surface area contributed by atoms with Crippen LogP contribution < -0.4 is 0 Å². The molecule has 0 spiro atoms. The van der Waals surface area contributed by atoms with Crippen molar-refractivity contribution in [1.82, 2.24) is 0 Å². The molecule has 0 saturated carbocycles. The van der Waals surface area contributed by atoms with Crippen LogP contribution in [0.2, 0.25) is 0 Å². The highest BCUT2D eigenvalue weighted by atomic mass is 16.3. The minimum Gasteiger partial charge on any atom is -0.508 e. The molecule has 1 N–H and O–H groups in total. The molecular formula is C14H8O3. The van der Waals surface area contributed by atoms with Gasteiger partial charge in [0.05, 0.1) is 0 Å².